The van der Waals surface area contributed by atoms with Crippen LogP contribution >= 0.6 is 0 Å². The molecule has 0 atom stereocenters. The van der Waals surface area contributed by atoms with E-state index in [-0.39, 0.29) is 6.42 Å². The maximum absolute atomic E-state index is 10.3. The number of carboxylic acids is 1. The Morgan fingerprint density at radius 2 is 1.67 bits per heavy atom. The normalized spacial score (nSPS) is 12.9. The average Bonchev–Trinajstić information content (AvgIpc) is 1.93. The van der Waals surface area contributed by atoms with Crippen molar-refractivity contribution in [3.63, 3.8) is 0 Å². The molecule has 0 aliphatic rings. The van der Waals surface area contributed by atoms with Crippen molar-refractivity contribution < 1.29 is 14.0 Å². The molecule has 0 aromatic rings. The Labute approximate surface area is 95.1 Å². The van der Waals surface area contributed by atoms with E-state index in [1.807, 2.05) is 0 Å². The van der Waals surface area contributed by atoms with Gasteiger partial charge in [-0.1, -0.05) is 6.42 Å². The Morgan fingerprint density at radius 3 is 2.07 bits per heavy atom. The van der Waals surface area contributed by atoms with Gasteiger partial charge in [-0.05, 0) is 45.2 Å². The van der Waals surface area contributed by atoms with Crippen LogP contribution in [0.3, 0.4) is 0 Å². The summed E-state index contributed by atoms with van der Waals surface area (Å²) in [5, 5.41) is 8.52. The monoisotopic (exact) mass is 248 g/mol. The second-order valence-corrected chi connectivity index (χ2v) is 14.6. The summed E-state index contributed by atoms with van der Waals surface area (Å²) in [7, 11) is -2.97. The third kappa shape index (κ3) is 10.2. The smallest absolute Gasteiger partial charge is 0.303 e. The van der Waals surface area contributed by atoms with E-state index in [4.69, 9.17) is 9.22 Å². The Balaban J connectivity index is 3.79. The van der Waals surface area contributed by atoms with Crippen LogP contribution in [0.15, 0.2) is 0 Å². The summed E-state index contributed by atoms with van der Waals surface area (Å²) in [6, 6.07) is 1.07. The molecule has 0 aromatic heterocycles. The molecule has 0 bridgehead atoms. The zero-order chi connectivity index (χ0) is 12.1. The minimum atomic E-state index is -1.54. The highest BCUT2D eigenvalue weighted by molar-refractivity contribution is 6.84. The quantitative estimate of drug-likeness (QED) is 0.555. The number of hydrogen-bond donors (Lipinski definition) is 1. The fraction of sp³-hybridized carbons (Fsp3) is 0.900. The molecule has 90 valence electrons. The lowest BCUT2D eigenvalue weighted by Crippen LogP contribution is -2.42. The van der Waals surface area contributed by atoms with Gasteiger partial charge in [0, 0.05) is 6.42 Å². The molecule has 0 aliphatic carbocycles. The van der Waals surface area contributed by atoms with Gasteiger partial charge in [0.25, 0.3) is 0 Å². The highest BCUT2D eigenvalue weighted by Crippen LogP contribution is 2.20. The van der Waals surface area contributed by atoms with Gasteiger partial charge >= 0.3 is 5.97 Å². The SMILES string of the molecule is C[Si](C)(C)O[Si](C)(C)CCCCC(=O)O. The van der Waals surface area contributed by atoms with Crippen molar-refractivity contribution in [2.24, 2.45) is 0 Å². The Morgan fingerprint density at radius 1 is 1.13 bits per heavy atom. The lowest BCUT2D eigenvalue weighted by Gasteiger charge is -2.31. The second-order valence-electron chi connectivity index (χ2n) is 5.57. The molecule has 15 heavy (non-hydrogen) atoms. The molecule has 3 nitrogen and oxygen atoms in total. The van der Waals surface area contributed by atoms with Crippen LogP contribution in [0.5, 0.6) is 0 Å². The van der Waals surface area contributed by atoms with Crippen molar-refractivity contribution in [3.05, 3.63) is 0 Å². The molecule has 0 saturated heterocycles. The number of carboxylic acid groups (broad SMARTS) is 1. The van der Waals surface area contributed by atoms with Gasteiger partial charge < -0.3 is 9.22 Å². The van der Waals surface area contributed by atoms with Gasteiger partial charge in [0.2, 0.25) is 0 Å². The van der Waals surface area contributed by atoms with E-state index in [2.05, 4.69) is 32.7 Å². The van der Waals surface area contributed by atoms with Crippen molar-refractivity contribution in [2.45, 2.75) is 58.0 Å². The highest BCUT2D eigenvalue weighted by atomic mass is 28.4. The summed E-state index contributed by atoms with van der Waals surface area (Å²) in [6.45, 7) is 11.1. The van der Waals surface area contributed by atoms with Gasteiger partial charge in [0.1, 0.15) is 0 Å². The fourth-order valence-corrected chi connectivity index (χ4v) is 9.85. The largest absolute Gasteiger partial charge is 0.481 e. The number of unbranched alkanes of at least 4 members (excludes halogenated alkanes) is 1. The molecule has 0 spiro atoms. The van der Waals surface area contributed by atoms with Crippen LogP contribution in [0.25, 0.3) is 0 Å². The lowest BCUT2D eigenvalue weighted by molar-refractivity contribution is -0.137. The zero-order valence-corrected chi connectivity index (χ0v) is 12.6. The van der Waals surface area contributed by atoms with Crippen molar-refractivity contribution in [1.82, 2.24) is 0 Å². The third-order valence-corrected chi connectivity index (χ3v) is 8.22. The average molecular weight is 248 g/mol. The Bertz CT molecular complexity index is 209. The van der Waals surface area contributed by atoms with Crippen molar-refractivity contribution in [1.29, 1.82) is 0 Å². The molecule has 0 fully saturated rings. The lowest BCUT2D eigenvalue weighted by atomic mass is 10.2. The zero-order valence-electron chi connectivity index (χ0n) is 10.6. The van der Waals surface area contributed by atoms with Crippen LogP contribution in [-0.2, 0) is 8.91 Å². The van der Waals surface area contributed by atoms with Crippen molar-refractivity contribution >= 4 is 22.6 Å². The Kier molecular flexibility index (Phi) is 5.76. The fourth-order valence-electron chi connectivity index (χ4n) is 1.71. The maximum atomic E-state index is 10.3. The van der Waals surface area contributed by atoms with Gasteiger partial charge in [-0.25, -0.2) is 0 Å². The molecule has 1 N–H and O–H groups in total. The number of hydrogen-bond acceptors (Lipinski definition) is 2. The van der Waals surface area contributed by atoms with Crippen LogP contribution < -0.4 is 0 Å². The first-order valence-electron chi connectivity index (χ1n) is 5.54. The van der Waals surface area contributed by atoms with Crippen LogP contribution in [-0.4, -0.2) is 27.7 Å². The molecule has 0 aromatic carbocycles. The molecule has 0 aliphatic heterocycles. The molecule has 0 rings (SSSR count). The number of aliphatic carboxylic acids is 1. The summed E-state index contributed by atoms with van der Waals surface area (Å²) in [5.41, 5.74) is 0. The maximum Gasteiger partial charge on any atom is 0.303 e. The third-order valence-electron chi connectivity index (χ3n) is 2.00. The van der Waals surface area contributed by atoms with Crippen LogP contribution in [0.4, 0.5) is 0 Å². The molecule has 0 unspecified atom stereocenters. The molecule has 0 heterocycles. The molecule has 0 saturated carbocycles. The minimum Gasteiger partial charge on any atom is -0.481 e. The van der Waals surface area contributed by atoms with Gasteiger partial charge in [0.15, 0.2) is 16.6 Å². The van der Waals surface area contributed by atoms with Crippen LogP contribution in [0.2, 0.25) is 38.8 Å². The Hall–Kier alpha value is -0.136. The van der Waals surface area contributed by atoms with E-state index >= 15 is 0 Å². The van der Waals surface area contributed by atoms with E-state index in [0.717, 1.165) is 18.9 Å². The predicted molar refractivity (Wildman–Crippen MR) is 68.2 cm³/mol. The molecular formula is C10H24O3Si2. The molecule has 5 heteroatoms. The topological polar surface area (TPSA) is 46.5 Å². The van der Waals surface area contributed by atoms with Gasteiger partial charge in [-0.15, -0.1) is 0 Å². The second kappa shape index (κ2) is 5.81. The van der Waals surface area contributed by atoms with Crippen molar-refractivity contribution in [2.75, 3.05) is 0 Å². The van der Waals surface area contributed by atoms with E-state index in [1.54, 1.807) is 0 Å². The van der Waals surface area contributed by atoms with E-state index in [1.165, 1.54) is 0 Å². The van der Waals surface area contributed by atoms with Crippen molar-refractivity contribution in [3.8, 4) is 0 Å². The summed E-state index contributed by atoms with van der Waals surface area (Å²) in [5.74, 6) is -0.694. The first-order valence-corrected chi connectivity index (χ1v) is 12.1. The van der Waals surface area contributed by atoms with E-state index in [9.17, 15) is 4.79 Å². The number of carbonyl (C=O) groups is 1. The molecular weight excluding hydrogens is 224 g/mol. The van der Waals surface area contributed by atoms with E-state index in [0.29, 0.717) is 0 Å². The first kappa shape index (κ1) is 14.9. The van der Waals surface area contributed by atoms with Crippen LogP contribution in [0, 0.1) is 0 Å². The molecule has 0 radical (unpaired) electrons. The predicted octanol–water partition coefficient (Wildman–Crippen LogP) is 3.30. The highest BCUT2D eigenvalue weighted by Gasteiger charge is 2.28. The summed E-state index contributed by atoms with van der Waals surface area (Å²) < 4.78 is 6.16. The number of rotatable bonds is 7. The summed E-state index contributed by atoms with van der Waals surface area (Å²) in [6.07, 6.45) is 2.05. The molecule has 0 amide bonds. The first-order chi connectivity index (χ1) is 6.62. The standard InChI is InChI=1S/C10H24O3Si2/c1-14(2,3)13-15(4,5)9-7-6-8-10(11)12/h6-9H2,1-5H3,(H,11,12). The van der Waals surface area contributed by atoms with E-state index < -0.39 is 22.6 Å². The van der Waals surface area contributed by atoms with Gasteiger partial charge in [-0.2, -0.15) is 0 Å². The summed E-state index contributed by atoms with van der Waals surface area (Å²) >= 11 is 0. The van der Waals surface area contributed by atoms with Crippen LogP contribution in [0.1, 0.15) is 19.3 Å². The van der Waals surface area contributed by atoms with Gasteiger partial charge in [0.05, 0.1) is 0 Å². The van der Waals surface area contributed by atoms with Gasteiger partial charge in [-0.3, -0.25) is 4.79 Å². The summed E-state index contributed by atoms with van der Waals surface area (Å²) in [4.78, 5) is 10.3. The minimum absolute atomic E-state index is 0.289.